The lowest BCUT2D eigenvalue weighted by molar-refractivity contribution is -0.889. The van der Waals surface area contributed by atoms with E-state index in [-0.39, 0.29) is 42.7 Å². The Hall–Kier alpha value is -3.75. The minimum atomic E-state index is -1.14. The number of hydrogen-bond donors (Lipinski definition) is 0. The molecule has 0 saturated heterocycles. The third-order valence-corrected chi connectivity index (χ3v) is 9.31. The molecule has 0 radical (unpaired) electrons. The van der Waals surface area contributed by atoms with Crippen LogP contribution >= 0.6 is 0 Å². The van der Waals surface area contributed by atoms with Gasteiger partial charge in [-0.05, 0) is 64.2 Å². The van der Waals surface area contributed by atoms with Crippen molar-refractivity contribution in [3.05, 3.63) is 97.2 Å². The number of esters is 2. The first-order valence-electron chi connectivity index (χ1n) is 22.3. The van der Waals surface area contributed by atoms with E-state index in [0.29, 0.717) is 12.8 Å². The van der Waals surface area contributed by atoms with Crippen LogP contribution in [-0.2, 0) is 28.6 Å². The number of carboxylic acid groups (broad SMARTS) is 1. The van der Waals surface area contributed by atoms with Crippen molar-refractivity contribution in [2.45, 2.75) is 161 Å². The lowest BCUT2D eigenvalue weighted by atomic mass is 10.1. The summed E-state index contributed by atoms with van der Waals surface area (Å²) in [6, 6.07) is -0.738. The van der Waals surface area contributed by atoms with Gasteiger partial charge in [0.2, 0.25) is 0 Å². The normalized spacial score (nSPS) is 13.9. The minimum Gasteiger partial charge on any atom is -0.544 e. The molecule has 8 nitrogen and oxygen atoms in total. The predicted octanol–water partition coefficient (Wildman–Crippen LogP) is 11.0. The predicted molar refractivity (Wildman–Crippen MR) is 240 cm³/mol. The number of carbonyl (C=O) groups excluding carboxylic acids is 3. The van der Waals surface area contributed by atoms with E-state index in [2.05, 4.69) is 74.6 Å². The quantitative estimate of drug-likeness (QED) is 0.0201. The van der Waals surface area contributed by atoms with Crippen molar-refractivity contribution in [2.24, 2.45) is 0 Å². The molecule has 0 fully saturated rings. The number of allylic oxidation sites excluding steroid dienone is 16. The number of quaternary nitrogens is 1. The minimum absolute atomic E-state index is 0.0201. The Bertz CT molecular complexity index is 1260. The zero-order chi connectivity index (χ0) is 42.8. The van der Waals surface area contributed by atoms with Gasteiger partial charge in [-0.1, -0.05) is 162 Å². The van der Waals surface area contributed by atoms with Gasteiger partial charge in [0, 0.05) is 19.3 Å². The summed E-state index contributed by atoms with van der Waals surface area (Å²) in [5.74, 6) is -1.80. The summed E-state index contributed by atoms with van der Waals surface area (Å²) in [5.41, 5.74) is 0. The fourth-order valence-corrected chi connectivity index (χ4v) is 5.88. The maximum atomic E-state index is 12.7. The summed E-state index contributed by atoms with van der Waals surface area (Å²) >= 11 is 0. The summed E-state index contributed by atoms with van der Waals surface area (Å²) in [6.45, 7) is 4.40. The number of aliphatic carboxylic acids is 1. The van der Waals surface area contributed by atoms with E-state index in [1.54, 1.807) is 21.1 Å². The first-order chi connectivity index (χ1) is 28.1. The Labute approximate surface area is 354 Å². The highest BCUT2D eigenvalue weighted by atomic mass is 16.6. The van der Waals surface area contributed by atoms with Gasteiger partial charge < -0.3 is 28.6 Å². The van der Waals surface area contributed by atoms with E-state index in [4.69, 9.17) is 14.2 Å². The Morgan fingerprint density at radius 2 is 1.03 bits per heavy atom. The van der Waals surface area contributed by atoms with E-state index in [1.807, 2.05) is 36.5 Å². The molecule has 2 unspecified atom stereocenters. The molecule has 58 heavy (non-hydrogen) atoms. The van der Waals surface area contributed by atoms with Crippen LogP contribution in [0.2, 0.25) is 0 Å². The summed E-state index contributed by atoms with van der Waals surface area (Å²) in [5, 5.41) is 11.6. The highest BCUT2D eigenvalue weighted by Gasteiger charge is 2.25. The second kappa shape index (κ2) is 40.0. The summed E-state index contributed by atoms with van der Waals surface area (Å²) < 4.78 is 17.1. The van der Waals surface area contributed by atoms with Crippen molar-refractivity contribution in [3.8, 4) is 0 Å². The lowest BCUT2D eigenvalue weighted by Gasteiger charge is -2.34. The van der Waals surface area contributed by atoms with E-state index >= 15 is 0 Å². The van der Waals surface area contributed by atoms with E-state index < -0.39 is 18.1 Å². The molecule has 0 aromatic heterocycles. The molecule has 0 aliphatic carbocycles. The fraction of sp³-hybridized carbons (Fsp3) is 0.620. The van der Waals surface area contributed by atoms with Crippen LogP contribution in [0.15, 0.2) is 97.2 Å². The molecule has 0 aromatic rings. The maximum absolute atomic E-state index is 12.7. The summed E-state index contributed by atoms with van der Waals surface area (Å²) in [7, 11) is 5.38. The highest BCUT2D eigenvalue weighted by Crippen LogP contribution is 2.13. The molecule has 0 spiro atoms. The third kappa shape index (κ3) is 37.8. The molecular formula is C50H81NO7. The SMILES string of the molecule is CC/C=C/C/C=C/C/C=C/CCCCCCCCC(=O)OC(COCCC(C(=O)[O-])[N+](C)(C)C)COC(=O)CCCCCCC/C=C/C=C/C=C/C=C/C=C/CCC. The number of carbonyl (C=O) groups is 3. The average molecular weight is 808 g/mol. The average Bonchev–Trinajstić information content (AvgIpc) is 3.18. The van der Waals surface area contributed by atoms with Crippen molar-refractivity contribution in [1.29, 1.82) is 0 Å². The first kappa shape index (κ1) is 54.2. The van der Waals surface area contributed by atoms with Crippen molar-refractivity contribution in [2.75, 3.05) is 41.0 Å². The summed E-state index contributed by atoms with van der Waals surface area (Å²) in [4.78, 5) is 36.9. The van der Waals surface area contributed by atoms with Gasteiger partial charge in [-0.3, -0.25) is 9.59 Å². The molecule has 0 saturated carbocycles. The molecule has 0 aliphatic heterocycles. The molecule has 0 aliphatic rings. The van der Waals surface area contributed by atoms with Crippen LogP contribution in [-0.4, -0.2) is 75.5 Å². The second-order valence-electron chi connectivity index (χ2n) is 15.7. The molecule has 328 valence electrons. The van der Waals surface area contributed by atoms with Gasteiger partial charge in [0.15, 0.2) is 6.10 Å². The molecule has 0 heterocycles. The number of unbranched alkanes of at least 4 members (excludes halogenated alkanes) is 12. The summed E-state index contributed by atoms with van der Waals surface area (Å²) in [6.07, 6.45) is 52.8. The first-order valence-corrected chi connectivity index (χ1v) is 22.3. The van der Waals surface area contributed by atoms with Crippen LogP contribution in [0.4, 0.5) is 0 Å². The maximum Gasteiger partial charge on any atom is 0.306 e. The Morgan fingerprint density at radius 3 is 1.59 bits per heavy atom. The number of ether oxygens (including phenoxy) is 3. The van der Waals surface area contributed by atoms with Gasteiger partial charge in [0.25, 0.3) is 0 Å². The number of likely N-dealkylation sites (N-methyl/N-ethyl adjacent to an activating group) is 1. The van der Waals surface area contributed by atoms with Crippen LogP contribution in [0, 0.1) is 0 Å². The molecule has 0 N–H and O–H groups in total. The van der Waals surface area contributed by atoms with Gasteiger partial charge in [-0.25, -0.2) is 0 Å². The molecule has 0 bridgehead atoms. The molecule has 0 aromatic carbocycles. The largest absolute Gasteiger partial charge is 0.544 e. The van der Waals surface area contributed by atoms with Crippen molar-refractivity contribution >= 4 is 17.9 Å². The lowest BCUT2D eigenvalue weighted by Crippen LogP contribution is -2.55. The van der Waals surface area contributed by atoms with Crippen molar-refractivity contribution in [3.63, 3.8) is 0 Å². The van der Waals surface area contributed by atoms with Gasteiger partial charge in [0.05, 0.1) is 40.3 Å². The van der Waals surface area contributed by atoms with Crippen LogP contribution in [0.3, 0.4) is 0 Å². The van der Waals surface area contributed by atoms with Crippen LogP contribution in [0.5, 0.6) is 0 Å². The van der Waals surface area contributed by atoms with Gasteiger partial charge in [-0.2, -0.15) is 0 Å². The zero-order valence-corrected chi connectivity index (χ0v) is 37.2. The van der Waals surface area contributed by atoms with Crippen LogP contribution in [0.1, 0.15) is 149 Å². The number of nitrogens with zero attached hydrogens (tertiary/aromatic N) is 1. The van der Waals surface area contributed by atoms with E-state index in [1.165, 1.54) is 19.3 Å². The van der Waals surface area contributed by atoms with Crippen molar-refractivity contribution in [1.82, 2.24) is 0 Å². The number of hydrogen-bond acceptors (Lipinski definition) is 7. The molecule has 0 amide bonds. The topological polar surface area (TPSA) is 102 Å². The Kier molecular flexibility index (Phi) is 37.5. The molecule has 0 rings (SSSR count). The van der Waals surface area contributed by atoms with Crippen LogP contribution in [0.25, 0.3) is 0 Å². The second-order valence-corrected chi connectivity index (χ2v) is 15.7. The Morgan fingerprint density at radius 1 is 0.552 bits per heavy atom. The van der Waals surface area contributed by atoms with Crippen molar-refractivity contribution < 1.29 is 38.2 Å². The molecule has 8 heteroatoms. The third-order valence-electron chi connectivity index (χ3n) is 9.31. The Balaban J connectivity index is 4.44. The van der Waals surface area contributed by atoms with E-state index in [9.17, 15) is 19.5 Å². The number of carboxylic acids is 1. The van der Waals surface area contributed by atoms with Gasteiger partial charge >= 0.3 is 11.9 Å². The standard InChI is InChI=1S/C50H81NO7/c1-6-8-10-12-14-16-18-20-22-24-25-27-28-30-32-34-36-38-40-48(52)57-45-46(44-56-43-42-47(50(54)55)51(3,4)5)58-49(53)41-39-37-35-33-31-29-26-23-21-19-17-15-13-11-9-7-2/h9-12,14-18,20-25,27,46-47H,6-8,13,19,26,28-45H2,1-5H3/b11-9+,12-10+,16-14+,17-15+,20-18+,23-21+,24-22+,27-25+. The van der Waals surface area contributed by atoms with E-state index in [0.717, 1.165) is 96.3 Å². The molecule has 2 atom stereocenters. The highest BCUT2D eigenvalue weighted by molar-refractivity contribution is 5.70. The monoisotopic (exact) mass is 808 g/mol. The fourth-order valence-electron chi connectivity index (χ4n) is 5.88. The van der Waals surface area contributed by atoms with Crippen LogP contribution < -0.4 is 5.11 Å². The smallest absolute Gasteiger partial charge is 0.306 e. The van der Waals surface area contributed by atoms with Gasteiger partial charge in [0.1, 0.15) is 12.6 Å². The molecular weight excluding hydrogens is 727 g/mol. The van der Waals surface area contributed by atoms with Gasteiger partial charge in [-0.15, -0.1) is 0 Å². The number of rotatable bonds is 38. The zero-order valence-electron chi connectivity index (χ0n) is 37.2.